The first-order chi connectivity index (χ1) is 11.1. The molecule has 3 saturated heterocycles. The second kappa shape index (κ2) is 5.58. The summed E-state index contributed by atoms with van der Waals surface area (Å²) < 4.78 is 0. The zero-order valence-electron chi connectivity index (χ0n) is 12.8. The minimum Gasteiger partial charge on any atom is -0.391 e. The van der Waals surface area contributed by atoms with Crippen LogP contribution in [0.3, 0.4) is 0 Å². The summed E-state index contributed by atoms with van der Waals surface area (Å²) >= 11 is 0. The van der Waals surface area contributed by atoms with Gasteiger partial charge in [0.25, 0.3) is 0 Å². The van der Waals surface area contributed by atoms with E-state index in [1.807, 2.05) is 12.1 Å². The van der Waals surface area contributed by atoms with Gasteiger partial charge in [0.2, 0.25) is 11.8 Å². The van der Waals surface area contributed by atoms with E-state index in [1.165, 1.54) is 0 Å². The van der Waals surface area contributed by atoms with Crippen molar-refractivity contribution >= 4 is 11.8 Å². The van der Waals surface area contributed by atoms with Crippen LogP contribution in [0.25, 0.3) is 0 Å². The maximum Gasteiger partial charge on any atom is 0.247 e. The largest absolute Gasteiger partial charge is 0.391 e. The molecule has 1 N–H and O–H groups in total. The number of hydrogen-bond acceptors (Lipinski definition) is 5. The Kier molecular flexibility index (Phi) is 3.54. The molecule has 0 aliphatic carbocycles. The molecule has 0 bridgehead atoms. The van der Waals surface area contributed by atoms with Crippen LogP contribution in [-0.4, -0.2) is 81.0 Å². The standard InChI is InChI=1S/C16H20N4O3/c21-12-7-13-15(22)19-6-5-18(8-11-1-3-17-4-2-11)10-14(19)16(23)20(13)9-12/h1-4,12-14,21H,5-10H2/t12-,13+,14-/m1/s1. The highest BCUT2D eigenvalue weighted by Gasteiger charge is 2.51. The van der Waals surface area contributed by atoms with Crippen LogP contribution in [0.4, 0.5) is 0 Å². The van der Waals surface area contributed by atoms with Gasteiger partial charge in [0.05, 0.1) is 6.10 Å². The van der Waals surface area contributed by atoms with Gasteiger partial charge in [-0.05, 0) is 17.7 Å². The normalized spacial score (nSPS) is 31.3. The van der Waals surface area contributed by atoms with Crippen molar-refractivity contribution in [2.24, 2.45) is 0 Å². The van der Waals surface area contributed by atoms with E-state index >= 15 is 0 Å². The number of hydrogen-bond donors (Lipinski definition) is 1. The average Bonchev–Trinajstić information content (AvgIpc) is 2.96. The van der Waals surface area contributed by atoms with Crippen LogP contribution in [0.5, 0.6) is 0 Å². The van der Waals surface area contributed by atoms with Crippen molar-refractivity contribution in [3.63, 3.8) is 0 Å². The van der Waals surface area contributed by atoms with E-state index in [4.69, 9.17) is 0 Å². The first-order valence-corrected chi connectivity index (χ1v) is 8.04. The molecule has 0 spiro atoms. The van der Waals surface area contributed by atoms with Crippen LogP contribution < -0.4 is 0 Å². The fourth-order valence-electron chi connectivity index (χ4n) is 3.88. The van der Waals surface area contributed by atoms with Gasteiger partial charge in [0.1, 0.15) is 12.1 Å². The Morgan fingerprint density at radius 1 is 1.04 bits per heavy atom. The van der Waals surface area contributed by atoms with Crippen LogP contribution in [0.15, 0.2) is 24.5 Å². The average molecular weight is 316 g/mol. The summed E-state index contributed by atoms with van der Waals surface area (Å²) in [5.41, 5.74) is 1.15. The lowest BCUT2D eigenvalue weighted by atomic mass is 10.0. The molecule has 1 aromatic heterocycles. The van der Waals surface area contributed by atoms with Gasteiger partial charge < -0.3 is 14.9 Å². The molecule has 122 valence electrons. The van der Waals surface area contributed by atoms with E-state index in [-0.39, 0.29) is 18.4 Å². The van der Waals surface area contributed by atoms with Gasteiger partial charge in [-0.2, -0.15) is 0 Å². The van der Waals surface area contributed by atoms with Gasteiger partial charge in [-0.25, -0.2) is 0 Å². The van der Waals surface area contributed by atoms with Gasteiger partial charge >= 0.3 is 0 Å². The van der Waals surface area contributed by atoms with Gasteiger partial charge in [0, 0.05) is 51.5 Å². The molecule has 3 atom stereocenters. The third-order valence-electron chi connectivity index (χ3n) is 5.04. The fraction of sp³-hybridized carbons (Fsp3) is 0.562. The maximum atomic E-state index is 12.7. The van der Waals surface area contributed by atoms with Crippen molar-refractivity contribution in [1.82, 2.24) is 19.7 Å². The van der Waals surface area contributed by atoms with Crippen LogP contribution in [0, 0.1) is 0 Å². The van der Waals surface area contributed by atoms with Gasteiger partial charge in [0.15, 0.2) is 0 Å². The second-order valence-corrected chi connectivity index (χ2v) is 6.53. The molecule has 1 aromatic rings. The van der Waals surface area contributed by atoms with Crippen molar-refractivity contribution in [2.45, 2.75) is 31.2 Å². The van der Waals surface area contributed by atoms with E-state index in [9.17, 15) is 14.7 Å². The van der Waals surface area contributed by atoms with Crippen molar-refractivity contribution in [3.05, 3.63) is 30.1 Å². The summed E-state index contributed by atoms with van der Waals surface area (Å²) in [6, 6.07) is 3.06. The van der Waals surface area contributed by atoms with Crippen molar-refractivity contribution in [1.29, 1.82) is 0 Å². The summed E-state index contributed by atoms with van der Waals surface area (Å²) in [5.74, 6) is -0.0275. The van der Waals surface area contributed by atoms with Crippen LogP contribution >= 0.6 is 0 Å². The third kappa shape index (κ3) is 2.49. The Labute approximate surface area is 134 Å². The highest BCUT2D eigenvalue weighted by Crippen LogP contribution is 2.29. The van der Waals surface area contributed by atoms with E-state index < -0.39 is 18.2 Å². The number of pyridine rings is 1. The first kappa shape index (κ1) is 14.6. The van der Waals surface area contributed by atoms with E-state index in [1.54, 1.807) is 22.2 Å². The van der Waals surface area contributed by atoms with E-state index in [2.05, 4.69) is 9.88 Å². The summed E-state index contributed by atoms with van der Waals surface area (Å²) in [6.07, 6.45) is 3.31. The van der Waals surface area contributed by atoms with E-state index in [0.717, 1.165) is 18.7 Å². The highest BCUT2D eigenvalue weighted by molar-refractivity contribution is 5.97. The number of amides is 2. The molecule has 23 heavy (non-hydrogen) atoms. The lowest BCUT2D eigenvalue weighted by Gasteiger charge is -2.47. The number of aliphatic hydroxyl groups excluding tert-OH is 1. The number of aromatic nitrogens is 1. The topological polar surface area (TPSA) is 77.0 Å². The second-order valence-electron chi connectivity index (χ2n) is 6.53. The Morgan fingerprint density at radius 2 is 1.78 bits per heavy atom. The minimum atomic E-state index is -0.581. The molecule has 0 radical (unpaired) electrons. The number of piperazine rings is 2. The minimum absolute atomic E-state index is 0.00490. The van der Waals surface area contributed by atoms with Gasteiger partial charge in [-0.3, -0.25) is 19.5 Å². The first-order valence-electron chi connectivity index (χ1n) is 8.04. The molecule has 3 aliphatic rings. The van der Waals surface area contributed by atoms with Crippen molar-refractivity contribution in [3.8, 4) is 0 Å². The number of rotatable bonds is 2. The maximum absolute atomic E-state index is 12.7. The molecular weight excluding hydrogens is 296 g/mol. The fourth-order valence-corrected chi connectivity index (χ4v) is 3.88. The van der Waals surface area contributed by atoms with Crippen LogP contribution in [0.1, 0.15) is 12.0 Å². The molecule has 3 fully saturated rings. The van der Waals surface area contributed by atoms with Crippen molar-refractivity contribution in [2.75, 3.05) is 26.2 Å². The SMILES string of the molecule is O=C1[C@@H]2C[C@@H](O)CN2C(=O)[C@H]2CN(Cc3ccncc3)CCN12. The number of fused-ring (bicyclic) bond motifs is 2. The Hall–Kier alpha value is -1.99. The monoisotopic (exact) mass is 316 g/mol. The van der Waals surface area contributed by atoms with Crippen molar-refractivity contribution < 1.29 is 14.7 Å². The summed E-state index contributed by atoms with van der Waals surface area (Å²) in [6.45, 7) is 2.91. The molecule has 7 nitrogen and oxygen atoms in total. The molecule has 2 amide bonds. The summed E-state index contributed by atoms with van der Waals surface area (Å²) in [4.78, 5) is 34.8. The van der Waals surface area contributed by atoms with Gasteiger partial charge in [-0.15, -0.1) is 0 Å². The molecule has 4 heterocycles. The lowest BCUT2D eigenvalue weighted by Crippen LogP contribution is -2.68. The lowest BCUT2D eigenvalue weighted by molar-refractivity contribution is -0.163. The predicted molar refractivity (Wildman–Crippen MR) is 81.1 cm³/mol. The quantitative estimate of drug-likeness (QED) is 0.763. The van der Waals surface area contributed by atoms with Crippen LogP contribution in [-0.2, 0) is 16.1 Å². The molecule has 0 unspecified atom stereocenters. The summed E-state index contributed by atoms with van der Waals surface area (Å²) in [5, 5.41) is 9.79. The van der Waals surface area contributed by atoms with Crippen LogP contribution in [0.2, 0.25) is 0 Å². The molecule has 0 saturated carbocycles. The Bertz CT molecular complexity index is 623. The zero-order chi connectivity index (χ0) is 16.0. The number of carbonyl (C=O) groups is 2. The van der Waals surface area contributed by atoms with E-state index in [0.29, 0.717) is 19.5 Å². The number of carbonyl (C=O) groups excluding carboxylic acids is 2. The molecule has 3 aliphatic heterocycles. The molecule has 7 heteroatoms. The molecule has 0 aromatic carbocycles. The summed E-state index contributed by atoms with van der Waals surface area (Å²) in [7, 11) is 0. The van der Waals surface area contributed by atoms with Gasteiger partial charge in [-0.1, -0.05) is 0 Å². The third-order valence-corrected chi connectivity index (χ3v) is 5.04. The molecular formula is C16H20N4O3. The Balaban J connectivity index is 1.50. The Morgan fingerprint density at radius 3 is 2.57 bits per heavy atom. The highest BCUT2D eigenvalue weighted by atomic mass is 16.3. The zero-order valence-corrected chi connectivity index (χ0v) is 12.8. The predicted octanol–water partition coefficient (Wildman–Crippen LogP) is -0.930. The molecule has 4 rings (SSSR count). The smallest absolute Gasteiger partial charge is 0.247 e. The number of aliphatic hydroxyl groups is 1. The number of nitrogens with zero attached hydrogens (tertiary/aromatic N) is 4.